The van der Waals surface area contributed by atoms with Crippen LogP contribution in [-0.2, 0) is 0 Å². The summed E-state index contributed by atoms with van der Waals surface area (Å²) in [5.41, 5.74) is -0.467. The number of nitriles is 1. The largest absolute Gasteiger partial charge is 0.390 e. The second-order valence-corrected chi connectivity index (χ2v) is 3.86. The molecule has 2 nitrogen and oxygen atoms in total. The van der Waals surface area contributed by atoms with Crippen LogP contribution in [-0.4, -0.2) is 19.3 Å². The number of hydrogen-bond acceptors (Lipinski definition) is 2. The fraction of sp³-hybridized carbons (Fsp3) is 0.889. The first-order chi connectivity index (χ1) is 6.27. The fourth-order valence-corrected chi connectivity index (χ4v) is 0.812. The lowest BCUT2D eigenvalue weighted by atomic mass is 9.91. The van der Waals surface area contributed by atoms with E-state index in [9.17, 15) is 13.2 Å². The van der Waals surface area contributed by atoms with Gasteiger partial charge in [-0.2, -0.15) is 18.4 Å². The zero-order valence-electron chi connectivity index (χ0n) is 8.41. The van der Waals surface area contributed by atoms with E-state index in [-0.39, 0.29) is 6.54 Å². The Bertz CT molecular complexity index is 203. The van der Waals surface area contributed by atoms with Gasteiger partial charge in [0.25, 0.3) is 0 Å². The van der Waals surface area contributed by atoms with E-state index in [0.717, 1.165) is 0 Å². The van der Waals surface area contributed by atoms with Gasteiger partial charge in [0.05, 0.1) is 17.9 Å². The molecular weight excluding hydrogens is 193 g/mol. The molecule has 0 spiro atoms. The Kier molecular flexibility index (Phi) is 4.92. The van der Waals surface area contributed by atoms with Gasteiger partial charge in [-0.25, -0.2) is 0 Å². The SMILES string of the molecule is CC(C)(C#N)CCNCCC(F)(F)F. The highest BCUT2D eigenvalue weighted by Crippen LogP contribution is 2.19. The topological polar surface area (TPSA) is 35.8 Å². The van der Waals surface area contributed by atoms with Crippen molar-refractivity contribution >= 4 is 0 Å². The summed E-state index contributed by atoms with van der Waals surface area (Å²) in [4.78, 5) is 0. The van der Waals surface area contributed by atoms with Gasteiger partial charge in [-0.05, 0) is 26.8 Å². The Balaban J connectivity index is 3.45. The van der Waals surface area contributed by atoms with Crippen molar-refractivity contribution in [2.45, 2.75) is 32.9 Å². The van der Waals surface area contributed by atoms with E-state index in [1.165, 1.54) is 0 Å². The highest BCUT2D eigenvalue weighted by atomic mass is 19.4. The van der Waals surface area contributed by atoms with Gasteiger partial charge in [0, 0.05) is 6.54 Å². The third-order valence-corrected chi connectivity index (χ3v) is 1.81. The molecule has 0 heterocycles. The molecule has 82 valence electrons. The molecular formula is C9H15F3N2. The van der Waals surface area contributed by atoms with E-state index in [1.807, 2.05) is 0 Å². The van der Waals surface area contributed by atoms with E-state index in [4.69, 9.17) is 5.26 Å². The second-order valence-electron chi connectivity index (χ2n) is 3.86. The molecule has 0 bridgehead atoms. The molecule has 0 aromatic carbocycles. The normalized spacial score (nSPS) is 12.6. The maximum atomic E-state index is 11.7. The molecule has 0 fully saturated rings. The fourth-order valence-electron chi connectivity index (χ4n) is 0.812. The number of hydrogen-bond donors (Lipinski definition) is 1. The Morgan fingerprint density at radius 1 is 1.14 bits per heavy atom. The first-order valence-corrected chi connectivity index (χ1v) is 4.45. The summed E-state index contributed by atoms with van der Waals surface area (Å²) in [5, 5.41) is 11.3. The summed E-state index contributed by atoms with van der Waals surface area (Å²) in [6.45, 7) is 3.89. The van der Waals surface area contributed by atoms with Crippen LogP contribution in [0.25, 0.3) is 0 Å². The lowest BCUT2D eigenvalue weighted by molar-refractivity contribution is -0.133. The third kappa shape index (κ3) is 7.87. The van der Waals surface area contributed by atoms with Crippen molar-refractivity contribution in [3.8, 4) is 6.07 Å². The summed E-state index contributed by atoms with van der Waals surface area (Å²) in [5.74, 6) is 0. The monoisotopic (exact) mass is 208 g/mol. The average Bonchev–Trinajstić information content (AvgIpc) is 2.01. The van der Waals surface area contributed by atoms with Gasteiger partial charge in [0.2, 0.25) is 0 Å². The van der Waals surface area contributed by atoms with Gasteiger partial charge >= 0.3 is 6.18 Å². The second kappa shape index (κ2) is 5.20. The molecule has 0 aromatic rings. The summed E-state index contributed by atoms with van der Waals surface area (Å²) < 4.78 is 35.1. The lowest BCUT2D eigenvalue weighted by Gasteiger charge is -2.15. The molecule has 0 aliphatic carbocycles. The van der Waals surface area contributed by atoms with Gasteiger partial charge < -0.3 is 5.32 Å². The summed E-state index contributed by atoms with van der Waals surface area (Å²) in [6.07, 6.45) is -4.36. The van der Waals surface area contributed by atoms with E-state index in [0.29, 0.717) is 13.0 Å². The quantitative estimate of drug-likeness (QED) is 0.704. The van der Waals surface area contributed by atoms with Crippen molar-refractivity contribution < 1.29 is 13.2 Å². The number of rotatable bonds is 5. The third-order valence-electron chi connectivity index (χ3n) is 1.81. The number of alkyl halides is 3. The number of halogens is 3. The summed E-state index contributed by atoms with van der Waals surface area (Å²) >= 11 is 0. The van der Waals surface area contributed by atoms with Crippen molar-refractivity contribution in [1.82, 2.24) is 5.32 Å². The molecule has 0 aromatic heterocycles. The average molecular weight is 208 g/mol. The molecule has 0 rings (SSSR count). The Hall–Kier alpha value is -0.760. The van der Waals surface area contributed by atoms with Crippen molar-refractivity contribution in [3.63, 3.8) is 0 Å². The smallest absolute Gasteiger partial charge is 0.316 e. The van der Waals surface area contributed by atoms with Crippen LogP contribution in [0, 0.1) is 16.7 Å². The Morgan fingerprint density at radius 2 is 1.64 bits per heavy atom. The minimum Gasteiger partial charge on any atom is -0.316 e. The zero-order valence-corrected chi connectivity index (χ0v) is 8.41. The van der Waals surface area contributed by atoms with Crippen LogP contribution >= 0.6 is 0 Å². The van der Waals surface area contributed by atoms with Gasteiger partial charge in [-0.15, -0.1) is 0 Å². The van der Waals surface area contributed by atoms with Crippen LogP contribution in [0.15, 0.2) is 0 Å². The highest BCUT2D eigenvalue weighted by Gasteiger charge is 2.26. The van der Waals surface area contributed by atoms with Gasteiger partial charge in [-0.3, -0.25) is 0 Å². The Labute approximate surface area is 82.1 Å². The van der Waals surface area contributed by atoms with Crippen molar-refractivity contribution in [1.29, 1.82) is 5.26 Å². The number of nitrogens with one attached hydrogen (secondary N) is 1. The van der Waals surface area contributed by atoms with E-state index in [2.05, 4.69) is 11.4 Å². The molecule has 0 atom stereocenters. The first-order valence-electron chi connectivity index (χ1n) is 4.45. The van der Waals surface area contributed by atoms with Crippen LogP contribution in [0.2, 0.25) is 0 Å². The zero-order chi connectivity index (χ0) is 11.2. The minimum absolute atomic E-state index is 0.0784. The van der Waals surface area contributed by atoms with Crippen LogP contribution in [0.3, 0.4) is 0 Å². The predicted octanol–water partition coefficient (Wildman–Crippen LogP) is 2.47. The van der Waals surface area contributed by atoms with Crippen molar-refractivity contribution in [2.75, 3.05) is 13.1 Å². The van der Waals surface area contributed by atoms with Crippen molar-refractivity contribution in [3.05, 3.63) is 0 Å². The minimum atomic E-state index is -4.10. The molecule has 0 saturated carbocycles. The van der Waals surface area contributed by atoms with Gasteiger partial charge in [0.1, 0.15) is 0 Å². The van der Waals surface area contributed by atoms with Gasteiger partial charge in [-0.1, -0.05) is 0 Å². The first kappa shape index (κ1) is 13.2. The lowest BCUT2D eigenvalue weighted by Crippen LogP contribution is -2.25. The molecule has 0 aliphatic rings. The maximum absolute atomic E-state index is 11.7. The predicted molar refractivity (Wildman–Crippen MR) is 47.6 cm³/mol. The molecule has 0 unspecified atom stereocenters. The summed E-state index contributed by atoms with van der Waals surface area (Å²) in [7, 11) is 0. The highest BCUT2D eigenvalue weighted by molar-refractivity contribution is 4.91. The van der Waals surface area contributed by atoms with Gasteiger partial charge in [0.15, 0.2) is 0 Å². The molecule has 0 radical (unpaired) electrons. The molecule has 0 aliphatic heterocycles. The summed E-state index contributed by atoms with van der Waals surface area (Å²) in [6, 6.07) is 2.09. The van der Waals surface area contributed by atoms with E-state index < -0.39 is 18.0 Å². The van der Waals surface area contributed by atoms with E-state index in [1.54, 1.807) is 13.8 Å². The van der Waals surface area contributed by atoms with Crippen LogP contribution < -0.4 is 5.32 Å². The van der Waals surface area contributed by atoms with Crippen molar-refractivity contribution in [2.24, 2.45) is 5.41 Å². The van der Waals surface area contributed by atoms with Crippen LogP contribution in [0.1, 0.15) is 26.7 Å². The van der Waals surface area contributed by atoms with Crippen LogP contribution in [0.4, 0.5) is 13.2 Å². The molecule has 0 amide bonds. The standard InChI is InChI=1S/C9H15F3N2/c1-8(2,7-13)3-5-14-6-4-9(10,11)12/h14H,3-6H2,1-2H3. The maximum Gasteiger partial charge on any atom is 0.390 e. The molecule has 0 saturated heterocycles. The molecule has 1 N–H and O–H groups in total. The van der Waals surface area contributed by atoms with E-state index >= 15 is 0 Å². The number of nitrogens with zero attached hydrogens (tertiary/aromatic N) is 1. The molecule has 5 heteroatoms. The Morgan fingerprint density at radius 3 is 2.07 bits per heavy atom. The van der Waals surface area contributed by atoms with Crippen LogP contribution in [0.5, 0.6) is 0 Å². The molecule has 14 heavy (non-hydrogen) atoms.